The van der Waals surface area contributed by atoms with Crippen LogP contribution >= 0.6 is 11.6 Å². The molecule has 54 heavy (non-hydrogen) atoms. The smallest absolute Gasteiger partial charge is 0.310 e. The van der Waals surface area contributed by atoms with Crippen molar-refractivity contribution in [2.45, 2.75) is 76.9 Å². The van der Waals surface area contributed by atoms with E-state index in [-0.39, 0.29) is 34.3 Å². The van der Waals surface area contributed by atoms with Crippen LogP contribution in [-0.4, -0.2) is 72.0 Å². The summed E-state index contributed by atoms with van der Waals surface area (Å²) in [5.74, 6) is -0.702. The number of rotatable bonds is 9. The van der Waals surface area contributed by atoms with Crippen LogP contribution in [0.2, 0.25) is 5.15 Å². The van der Waals surface area contributed by atoms with Gasteiger partial charge in [0.1, 0.15) is 11.0 Å². The molecule has 0 amide bonds. The number of fused-ring (bicyclic) bond motifs is 1. The topological polar surface area (TPSA) is 93.2 Å². The van der Waals surface area contributed by atoms with E-state index in [4.69, 9.17) is 11.6 Å². The molecule has 286 valence electrons. The average molecular weight is 767 g/mol. The van der Waals surface area contributed by atoms with Crippen molar-refractivity contribution in [2.24, 2.45) is 7.05 Å². The highest BCUT2D eigenvalue weighted by atomic mass is 35.5. The minimum Gasteiger partial charge on any atom is -0.310 e. The van der Waals surface area contributed by atoms with Crippen molar-refractivity contribution >= 4 is 22.6 Å². The summed E-state index contributed by atoms with van der Waals surface area (Å²) in [5, 5.41) is 6.58. The second kappa shape index (κ2) is 15.4. The molecule has 4 heterocycles. The van der Waals surface area contributed by atoms with Gasteiger partial charge >= 0.3 is 11.9 Å². The lowest BCUT2D eigenvalue weighted by Gasteiger charge is -2.36. The van der Waals surface area contributed by atoms with Crippen LogP contribution in [0.15, 0.2) is 70.4 Å². The summed E-state index contributed by atoms with van der Waals surface area (Å²) < 4.78 is 58.8. The van der Waals surface area contributed by atoms with Gasteiger partial charge < -0.3 is 5.32 Å². The van der Waals surface area contributed by atoms with Crippen molar-refractivity contribution in [2.75, 3.05) is 26.2 Å². The van der Waals surface area contributed by atoms with Gasteiger partial charge in [0, 0.05) is 70.0 Å². The number of alkyl halides is 3. The van der Waals surface area contributed by atoms with Crippen LogP contribution in [0.1, 0.15) is 62.4 Å². The van der Waals surface area contributed by atoms with Crippen LogP contribution in [0, 0.1) is 5.82 Å². The van der Waals surface area contributed by atoms with Gasteiger partial charge in [-0.3, -0.25) is 23.8 Å². The summed E-state index contributed by atoms with van der Waals surface area (Å²) in [5.41, 5.74) is 1.16. The Morgan fingerprint density at radius 1 is 0.944 bits per heavy atom. The third kappa shape index (κ3) is 7.75. The lowest BCUT2D eigenvalue weighted by atomic mass is 9.90. The minimum atomic E-state index is -4.65. The molecule has 2 aromatic carbocycles. The van der Waals surface area contributed by atoms with E-state index in [0.29, 0.717) is 37.4 Å². The summed E-state index contributed by atoms with van der Waals surface area (Å²) in [4.78, 5) is 37.3. The Balaban J connectivity index is 1.12. The maximum Gasteiger partial charge on any atom is 0.435 e. The Bertz CT molecular complexity index is 2250. The predicted molar refractivity (Wildman–Crippen MR) is 200 cm³/mol. The van der Waals surface area contributed by atoms with Crippen molar-refractivity contribution in [3.8, 4) is 16.8 Å². The van der Waals surface area contributed by atoms with Gasteiger partial charge in [-0.15, -0.1) is 0 Å². The molecule has 0 radical (unpaired) electrons. The van der Waals surface area contributed by atoms with Crippen molar-refractivity contribution in [1.82, 2.24) is 39.0 Å². The molecular formula is C39H43ClF4N8O2. The Hall–Kier alpha value is -4.37. The first kappa shape index (κ1) is 37.9. The first-order chi connectivity index (χ1) is 25.8. The molecule has 7 rings (SSSR count). The first-order valence-corrected chi connectivity index (χ1v) is 18.7. The number of hydrogen-bond donors (Lipinski definition) is 1. The number of nitrogens with one attached hydrogen (secondary N) is 1. The molecule has 3 aromatic heterocycles. The fourth-order valence-electron chi connectivity index (χ4n) is 7.78. The molecule has 1 saturated carbocycles. The monoisotopic (exact) mass is 766 g/mol. The highest BCUT2D eigenvalue weighted by molar-refractivity contribution is 6.30. The SMILES string of the molecule is CC(C)N1CCN(Cc2ccc(-c3cccc(-n4c(=O)n(C5CCC(NCc6c(C(F)(F)F)nn(C)c6Cl)CC5)c(=O)c5cc(F)cnc54)c3)cc2)CC1. The molecule has 15 heteroatoms. The summed E-state index contributed by atoms with van der Waals surface area (Å²) >= 11 is 6.15. The molecule has 1 saturated heterocycles. The van der Waals surface area contributed by atoms with Gasteiger partial charge in [0.15, 0.2) is 11.3 Å². The van der Waals surface area contributed by atoms with Gasteiger partial charge in [0.2, 0.25) is 0 Å². The molecule has 1 aliphatic carbocycles. The summed E-state index contributed by atoms with van der Waals surface area (Å²) in [6.07, 6.45) is -1.91. The van der Waals surface area contributed by atoms with E-state index in [9.17, 15) is 27.2 Å². The van der Waals surface area contributed by atoms with E-state index < -0.39 is 35.0 Å². The minimum absolute atomic E-state index is 0.0234. The number of nitrogens with zero attached hydrogens (tertiary/aromatic N) is 7. The van der Waals surface area contributed by atoms with E-state index in [1.54, 1.807) is 6.07 Å². The van der Waals surface area contributed by atoms with Crippen molar-refractivity contribution in [1.29, 1.82) is 0 Å². The average Bonchev–Trinajstić information content (AvgIpc) is 3.45. The maximum absolute atomic E-state index is 14.6. The highest BCUT2D eigenvalue weighted by Gasteiger charge is 2.39. The fourth-order valence-corrected chi connectivity index (χ4v) is 7.97. The van der Waals surface area contributed by atoms with Gasteiger partial charge in [0.05, 0.1) is 17.3 Å². The highest BCUT2D eigenvalue weighted by Crippen LogP contribution is 2.35. The third-order valence-electron chi connectivity index (χ3n) is 10.8. The van der Waals surface area contributed by atoms with Crippen LogP contribution in [0.5, 0.6) is 0 Å². The van der Waals surface area contributed by atoms with E-state index in [1.807, 2.05) is 18.2 Å². The normalized spacial score (nSPS) is 18.9. The predicted octanol–water partition coefficient (Wildman–Crippen LogP) is 6.56. The Kier molecular flexibility index (Phi) is 10.8. The molecule has 0 atom stereocenters. The molecule has 2 fully saturated rings. The Labute approximate surface area is 315 Å². The van der Waals surface area contributed by atoms with Crippen LogP contribution in [0.25, 0.3) is 27.8 Å². The van der Waals surface area contributed by atoms with Gasteiger partial charge in [-0.25, -0.2) is 18.7 Å². The second-order valence-electron chi connectivity index (χ2n) is 14.6. The van der Waals surface area contributed by atoms with Crippen molar-refractivity contribution in [3.05, 3.63) is 109 Å². The van der Waals surface area contributed by atoms with E-state index in [0.717, 1.165) is 60.8 Å². The van der Waals surface area contributed by atoms with Gasteiger partial charge in [-0.2, -0.15) is 18.3 Å². The number of aryl methyl sites for hydroxylation is 1. The zero-order valence-corrected chi connectivity index (χ0v) is 31.2. The molecule has 10 nitrogen and oxygen atoms in total. The molecule has 0 unspecified atom stereocenters. The molecule has 0 spiro atoms. The lowest BCUT2D eigenvalue weighted by Crippen LogP contribution is -2.48. The third-order valence-corrected chi connectivity index (χ3v) is 11.3. The molecule has 0 bridgehead atoms. The number of piperazine rings is 1. The number of pyridine rings is 1. The second-order valence-corrected chi connectivity index (χ2v) is 15.0. The quantitative estimate of drug-likeness (QED) is 0.170. The number of benzene rings is 2. The van der Waals surface area contributed by atoms with Gasteiger partial charge in [-0.1, -0.05) is 48.0 Å². The summed E-state index contributed by atoms with van der Waals surface area (Å²) in [6.45, 7) is 9.35. The van der Waals surface area contributed by atoms with Gasteiger partial charge in [0.25, 0.3) is 5.56 Å². The molecular weight excluding hydrogens is 724 g/mol. The van der Waals surface area contributed by atoms with Crippen LogP contribution < -0.4 is 16.6 Å². The molecule has 5 aromatic rings. The van der Waals surface area contributed by atoms with Gasteiger partial charge in [-0.05, 0) is 74.4 Å². The molecule has 2 aliphatic rings. The van der Waals surface area contributed by atoms with Crippen molar-refractivity contribution < 1.29 is 17.6 Å². The Morgan fingerprint density at radius 2 is 1.65 bits per heavy atom. The standard InChI is InChI=1S/C39H43ClF4N8O2/c1-24(2)50-17-15-49(16-18-50)23-25-7-9-26(10-8-25)27-5-4-6-31(19-27)51-36-32(20-28(41)21-46-36)37(53)52(38(51)54)30-13-11-29(12-14-30)45-22-33-34(39(42,43)44)47-48(3)35(33)40/h4-10,19-21,24,29-30,45H,11-18,22-23H2,1-3H3. The molecule has 1 aliphatic heterocycles. The first-order valence-electron chi connectivity index (χ1n) is 18.3. The number of aromatic nitrogens is 5. The lowest BCUT2D eigenvalue weighted by molar-refractivity contribution is -0.142. The Morgan fingerprint density at radius 3 is 2.31 bits per heavy atom. The number of hydrogen-bond acceptors (Lipinski definition) is 7. The zero-order valence-electron chi connectivity index (χ0n) is 30.4. The molecule has 1 N–H and O–H groups in total. The van der Waals surface area contributed by atoms with E-state index >= 15 is 0 Å². The zero-order chi connectivity index (χ0) is 38.3. The fraction of sp³-hybridized carbons (Fsp3) is 0.436. The van der Waals surface area contributed by atoms with E-state index in [2.05, 4.69) is 63.3 Å². The largest absolute Gasteiger partial charge is 0.435 e. The van der Waals surface area contributed by atoms with Crippen LogP contribution in [0.4, 0.5) is 17.6 Å². The van der Waals surface area contributed by atoms with E-state index in [1.165, 1.54) is 21.7 Å². The van der Waals surface area contributed by atoms with Crippen LogP contribution in [0.3, 0.4) is 0 Å². The number of halogens is 5. The summed E-state index contributed by atoms with van der Waals surface area (Å²) in [7, 11) is 1.35. The van der Waals surface area contributed by atoms with Crippen molar-refractivity contribution in [3.63, 3.8) is 0 Å². The van der Waals surface area contributed by atoms with Crippen LogP contribution in [-0.2, 0) is 26.3 Å². The maximum atomic E-state index is 14.6. The summed E-state index contributed by atoms with van der Waals surface area (Å²) in [6, 6.07) is 16.7.